The Labute approximate surface area is 66.1 Å². The second kappa shape index (κ2) is 3.19. The van der Waals surface area contributed by atoms with Crippen molar-refractivity contribution in [1.29, 1.82) is 0 Å². The Morgan fingerprint density at radius 1 is 1.73 bits per heavy atom. The van der Waals surface area contributed by atoms with Gasteiger partial charge in [0, 0.05) is 12.6 Å². The zero-order chi connectivity index (χ0) is 8.43. The highest BCUT2D eigenvalue weighted by molar-refractivity contribution is 5.82. The average molecular weight is 158 g/mol. The van der Waals surface area contributed by atoms with Gasteiger partial charge in [0.25, 0.3) is 0 Å². The Kier molecular flexibility index (Phi) is 2.46. The highest BCUT2D eigenvalue weighted by Crippen LogP contribution is 2.13. The van der Waals surface area contributed by atoms with Crippen LogP contribution in [0.25, 0.3) is 0 Å². The number of carbonyl (C=O) groups is 1. The zero-order valence-corrected chi connectivity index (χ0v) is 6.87. The Balaban J connectivity index is 2.30. The summed E-state index contributed by atoms with van der Waals surface area (Å²) in [4.78, 5) is 11.1. The van der Waals surface area contributed by atoms with Crippen molar-refractivity contribution >= 4 is 5.91 Å². The van der Waals surface area contributed by atoms with Crippen LogP contribution in [-0.2, 0) is 4.79 Å². The first-order valence-corrected chi connectivity index (χ1v) is 3.87. The van der Waals surface area contributed by atoms with Crippen LogP contribution in [0.5, 0.6) is 0 Å². The van der Waals surface area contributed by atoms with E-state index in [9.17, 15) is 4.79 Å². The molecule has 0 bridgehead atoms. The van der Waals surface area contributed by atoms with Crippen molar-refractivity contribution in [2.45, 2.75) is 32.4 Å². The van der Waals surface area contributed by atoms with Gasteiger partial charge in [0.15, 0.2) is 0 Å². The van der Waals surface area contributed by atoms with E-state index in [2.05, 4.69) is 5.32 Å². The molecule has 0 saturated carbocycles. The first kappa shape index (κ1) is 8.49. The van der Waals surface area contributed by atoms with Gasteiger partial charge < -0.3 is 10.5 Å². The summed E-state index contributed by atoms with van der Waals surface area (Å²) < 4.78 is 0. The SMILES string of the molecule is CC(C)NC(=O)C1CCN1O. The fourth-order valence-electron chi connectivity index (χ4n) is 1.02. The molecule has 0 spiro atoms. The van der Waals surface area contributed by atoms with Gasteiger partial charge in [-0.3, -0.25) is 4.79 Å². The number of carbonyl (C=O) groups excluding carboxylic acids is 1. The second-order valence-corrected chi connectivity index (χ2v) is 3.13. The smallest absolute Gasteiger partial charge is 0.239 e. The summed E-state index contributed by atoms with van der Waals surface area (Å²) in [5.74, 6) is -0.0752. The normalized spacial score (nSPS) is 24.9. The summed E-state index contributed by atoms with van der Waals surface area (Å²) in [6.45, 7) is 4.41. The fourth-order valence-corrected chi connectivity index (χ4v) is 1.02. The van der Waals surface area contributed by atoms with Crippen LogP contribution in [0.2, 0.25) is 0 Å². The van der Waals surface area contributed by atoms with Crippen molar-refractivity contribution < 1.29 is 10.0 Å². The summed E-state index contributed by atoms with van der Waals surface area (Å²) in [5.41, 5.74) is 0. The highest BCUT2D eigenvalue weighted by Gasteiger charge is 2.32. The van der Waals surface area contributed by atoms with Crippen LogP contribution < -0.4 is 5.32 Å². The molecular weight excluding hydrogens is 144 g/mol. The van der Waals surface area contributed by atoms with Crippen LogP contribution in [0.4, 0.5) is 0 Å². The van der Waals surface area contributed by atoms with Crippen LogP contribution in [0.3, 0.4) is 0 Å². The quantitative estimate of drug-likeness (QED) is 0.593. The summed E-state index contributed by atoms with van der Waals surface area (Å²) in [5, 5.41) is 12.8. The fraction of sp³-hybridized carbons (Fsp3) is 0.857. The van der Waals surface area contributed by atoms with Gasteiger partial charge in [-0.2, -0.15) is 5.06 Å². The summed E-state index contributed by atoms with van der Waals surface area (Å²) in [6.07, 6.45) is 0.759. The molecule has 0 aliphatic carbocycles. The van der Waals surface area contributed by atoms with E-state index < -0.39 is 0 Å². The Hall–Kier alpha value is -0.610. The number of rotatable bonds is 2. The molecule has 1 aliphatic heterocycles. The van der Waals surface area contributed by atoms with Crippen LogP contribution in [0.15, 0.2) is 0 Å². The monoisotopic (exact) mass is 158 g/mol. The van der Waals surface area contributed by atoms with Crippen molar-refractivity contribution in [3.05, 3.63) is 0 Å². The highest BCUT2D eigenvalue weighted by atomic mass is 16.5. The Bertz CT molecular complexity index is 159. The lowest BCUT2D eigenvalue weighted by molar-refractivity contribution is -0.189. The topological polar surface area (TPSA) is 52.6 Å². The van der Waals surface area contributed by atoms with Gasteiger partial charge in [-0.15, -0.1) is 0 Å². The van der Waals surface area contributed by atoms with E-state index in [0.717, 1.165) is 11.5 Å². The van der Waals surface area contributed by atoms with Crippen LogP contribution in [0, 0.1) is 0 Å². The number of hydroxylamine groups is 2. The van der Waals surface area contributed by atoms with E-state index in [1.165, 1.54) is 0 Å². The molecule has 11 heavy (non-hydrogen) atoms. The van der Waals surface area contributed by atoms with E-state index in [4.69, 9.17) is 5.21 Å². The number of amides is 1. The van der Waals surface area contributed by atoms with Gasteiger partial charge in [-0.1, -0.05) is 0 Å². The third-order valence-electron chi connectivity index (χ3n) is 1.72. The predicted octanol–water partition coefficient (Wildman–Crippen LogP) is -0.0255. The van der Waals surface area contributed by atoms with Crippen LogP contribution in [-0.4, -0.2) is 34.8 Å². The summed E-state index contributed by atoms with van der Waals surface area (Å²) >= 11 is 0. The van der Waals surface area contributed by atoms with E-state index in [1.807, 2.05) is 13.8 Å². The van der Waals surface area contributed by atoms with E-state index in [-0.39, 0.29) is 18.0 Å². The van der Waals surface area contributed by atoms with E-state index in [0.29, 0.717) is 6.54 Å². The Morgan fingerprint density at radius 2 is 2.36 bits per heavy atom. The molecule has 1 atom stereocenters. The summed E-state index contributed by atoms with van der Waals surface area (Å²) in [6, 6.07) is -0.158. The molecule has 0 aromatic heterocycles. The minimum atomic E-state index is -0.308. The molecule has 4 nitrogen and oxygen atoms in total. The first-order valence-electron chi connectivity index (χ1n) is 3.87. The number of nitrogens with one attached hydrogen (secondary N) is 1. The van der Waals surface area contributed by atoms with Gasteiger partial charge >= 0.3 is 0 Å². The molecule has 1 saturated heterocycles. The van der Waals surface area contributed by atoms with Gasteiger partial charge in [0.2, 0.25) is 5.91 Å². The van der Waals surface area contributed by atoms with Gasteiger partial charge in [-0.05, 0) is 20.3 Å². The molecule has 0 radical (unpaired) electrons. The van der Waals surface area contributed by atoms with E-state index >= 15 is 0 Å². The van der Waals surface area contributed by atoms with Crippen LogP contribution >= 0.6 is 0 Å². The molecule has 0 aromatic carbocycles. The molecule has 2 N–H and O–H groups in total. The molecule has 1 fully saturated rings. The molecular formula is C7H14N2O2. The molecule has 4 heteroatoms. The van der Waals surface area contributed by atoms with Crippen molar-refractivity contribution in [2.75, 3.05) is 6.54 Å². The van der Waals surface area contributed by atoms with E-state index in [1.54, 1.807) is 0 Å². The molecule has 1 heterocycles. The summed E-state index contributed by atoms with van der Waals surface area (Å²) in [7, 11) is 0. The lowest BCUT2D eigenvalue weighted by atomic mass is 10.1. The zero-order valence-electron chi connectivity index (χ0n) is 6.87. The standard InChI is InChI=1S/C7H14N2O2/c1-5(2)8-7(10)6-3-4-9(6)11/h5-6,11H,3-4H2,1-2H3,(H,8,10). The lowest BCUT2D eigenvalue weighted by Crippen LogP contribution is -2.55. The molecule has 0 aromatic rings. The van der Waals surface area contributed by atoms with Crippen LogP contribution in [0.1, 0.15) is 20.3 Å². The van der Waals surface area contributed by atoms with Gasteiger partial charge in [-0.25, -0.2) is 0 Å². The average Bonchev–Trinajstić information content (AvgIpc) is 1.82. The lowest BCUT2D eigenvalue weighted by Gasteiger charge is -2.34. The predicted molar refractivity (Wildman–Crippen MR) is 40.2 cm³/mol. The largest absolute Gasteiger partial charge is 0.352 e. The maximum absolute atomic E-state index is 11.1. The minimum Gasteiger partial charge on any atom is -0.352 e. The third-order valence-corrected chi connectivity index (χ3v) is 1.72. The first-order chi connectivity index (χ1) is 5.11. The molecule has 1 aliphatic rings. The van der Waals surface area contributed by atoms with Crippen molar-refractivity contribution in [1.82, 2.24) is 10.4 Å². The van der Waals surface area contributed by atoms with Gasteiger partial charge in [0.05, 0.1) is 0 Å². The maximum Gasteiger partial charge on any atom is 0.239 e. The molecule has 64 valence electrons. The molecule has 1 amide bonds. The van der Waals surface area contributed by atoms with Crippen molar-refractivity contribution in [3.63, 3.8) is 0 Å². The minimum absolute atomic E-state index is 0.0752. The molecule has 1 rings (SSSR count). The van der Waals surface area contributed by atoms with Crippen molar-refractivity contribution in [3.8, 4) is 0 Å². The number of nitrogens with zero attached hydrogens (tertiary/aromatic N) is 1. The van der Waals surface area contributed by atoms with Gasteiger partial charge in [0.1, 0.15) is 6.04 Å². The Morgan fingerprint density at radius 3 is 2.64 bits per heavy atom. The van der Waals surface area contributed by atoms with Crippen molar-refractivity contribution in [2.24, 2.45) is 0 Å². The third kappa shape index (κ3) is 1.91. The maximum atomic E-state index is 11.1. The molecule has 1 unspecified atom stereocenters. The number of hydrogen-bond donors (Lipinski definition) is 2. The second-order valence-electron chi connectivity index (χ2n) is 3.13. The number of hydrogen-bond acceptors (Lipinski definition) is 3.